The highest BCUT2D eigenvalue weighted by atomic mass is 32.1. The second-order valence-electron chi connectivity index (χ2n) is 7.22. The molecule has 1 aliphatic heterocycles. The molecule has 0 radical (unpaired) electrons. The van der Waals surface area contributed by atoms with Gasteiger partial charge in [0.1, 0.15) is 6.61 Å². The second-order valence-corrected chi connectivity index (χ2v) is 8.07. The van der Waals surface area contributed by atoms with E-state index in [0.717, 1.165) is 66.3 Å². The number of rotatable bonds is 10. The maximum Gasteiger partial charge on any atom is 0.203 e. The average Bonchev–Trinajstić information content (AvgIpc) is 3.31. The van der Waals surface area contributed by atoms with Gasteiger partial charge in [0.2, 0.25) is 5.13 Å². The molecule has 0 atom stereocenters. The van der Waals surface area contributed by atoms with Crippen LogP contribution in [0.1, 0.15) is 12.5 Å². The van der Waals surface area contributed by atoms with Crippen molar-refractivity contribution >= 4 is 22.7 Å². The predicted molar refractivity (Wildman–Crippen MR) is 129 cm³/mol. The number of aromatic nitrogens is 1. The molecule has 0 amide bonds. The molecular formula is C24H28N4O3S. The lowest BCUT2D eigenvalue weighted by atomic mass is 10.2. The Morgan fingerprint density at radius 1 is 1.12 bits per heavy atom. The first kappa shape index (κ1) is 22.3. The van der Waals surface area contributed by atoms with Crippen LogP contribution in [0.5, 0.6) is 11.5 Å². The zero-order valence-corrected chi connectivity index (χ0v) is 19.0. The van der Waals surface area contributed by atoms with Crippen molar-refractivity contribution in [1.29, 1.82) is 0 Å². The van der Waals surface area contributed by atoms with E-state index in [9.17, 15) is 0 Å². The van der Waals surface area contributed by atoms with Gasteiger partial charge in [0.15, 0.2) is 11.5 Å². The number of benzene rings is 2. The Morgan fingerprint density at radius 3 is 2.78 bits per heavy atom. The van der Waals surface area contributed by atoms with E-state index >= 15 is 0 Å². The molecular weight excluding hydrogens is 424 g/mol. The summed E-state index contributed by atoms with van der Waals surface area (Å²) >= 11 is 1.52. The van der Waals surface area contributed by atoms with Crippen molar-refractivity contribution in [2.45, 2.75) is 6.92 Å². The molecule has 3 aromatic rings. The van der Waals surface area contributed by atoms with E-state index in [2.05, 4.69) is 20.4 Å². The largest absolute Gasteiger partial charge is 0.490 e. The van der Waals surface area contributed by atoms with Crippen LogP contribution >= 0.6 is 11.3 Å². The molecule has 8 heteroatoms. The van der Waals surface area contributed by atoms with E-state index < -0.39 is 0 Å². The molecule has 0 spiro atoms. The fourth-order valence-electron chi connectivity index (χ4n) is 3.33. The number of nitrogens with one attached hydrogen (secondary N) is 1. The van der Waals surface area contributed by atoms with Crippen LogP contribution in [0.3, 0.4) is 0 Å². The highest BCUT2D eigenvalue weighted by Crippen LogP contribution is 2.28. The van der Waals surface area contributed by atoms with Gasteiger partial charge in [-0.25, -0.2) is 4.98 Å². The van der Waals surface area contributed by atoms with Gasteiger partial charge < -0.3 is 14.2 Å². The van der Waals surface area contributed by atoms with E-state index in [1.54, 1.807) is 6.21 Å². The van der Waals surface area contributed by atoms with Crippen LogP contribution < -0.4 is 14.9 Å². The fraction of sp³-hybridized carbons (Fsp3) is 0.333. The predicted octanol–water partition coefficient (Wildman–Crippen LogP) is 4.37. The second kappa shape index (κ2) is 11.6. The van der Waals surface area contributed by atoms with Crippen molar-refractivity contribution in [3.8, 4) is 22.8 Å². The van der Waals surface area contributed by atoms with Crippen LogP contribution in [0.4, 0.5) is 5.13 Å². The van der Waals surface area contributed by atoms with Gasteiger partial charge >= 0.3 is 0 Å². The highest BCUT2D eigenvalue weighted by molar-refractivity contribution is 7.14. The number of morpholine rings is 1. The topological polar surface area (TPSA) is 68.2 Å². The first-order valence-electron chi connectivity index (χ1n) is 10.8. The van der Waals surface area contributed by atoms with Crippen molar-refractivity contribution in [2.75, 3.05) is 51.5 Å². The molecule has 1 aromatic heterocycles. The maximum atomic E-state index is 5.99. The molecule has 2 heterocycles. The molecule has 1 aliphatic rings. The smallest absolute Gasteiger partial charge is 0.203 e. The fourth-order valence-corrected chi connectivity index (χ4v) is 4.00. The van der Waals surface area contributed by atoms with Crippen LogP contribution in [0, 0.1) is 0 Å². The van der Waals surface area contributed by atoms with Crippen LogP contribution in [0.25, 0.3) is 11.3 Å². The molecule has 0 unspecified atom stereocenters. The number of thiazole rings is 1. The van der Waals surface area contributed by atoms with E-state index in [-0.39, 0.29) is 0 Å². The molecule has 1 N–H and O–H groups in total. The molecule has 168 valence electrons. The Hall–Kier alpha value is -2.94. The zero-order valence-electron chi connectivity index (χ0n) is 18.2. The van der Waals surface area contributed by atoms with Crippen molar-refractivity contribution in [1.82, 2.24) is 9.88 Å². The Balaban J connectivity index is 1.33. The number of nitrogens with zero attached hydrogens (tertiary/aromatic N) is 3. The molecule has 2 aromatic carbocycles. The molecule has 1 fully saturated rings. The Morgan fingerprint density at radius 2 is 1.97 bits per heavy atom. The number of ether oxygens (including phenoxy) is 3. The van der Waals surface area contributed by atoms with Gasteiger partial charge in [-0.3, -0.25) is 10.3 Å². The van der Waals surface area contributed by atoms with E-state index in [1.165, 1.54) is 11.3 Å². The normalized spacial score (nSPS) is 14.5. The van der Waals surface area contributed by atoms with E-state index in [4.69, 9.17) is 14.2 Å². The molecule has 1 saturated heterocycles. The van der Waals surface area contributed by atoms with Gasteiger partial charge in [-0.2, -0.15) is 5.10 Å². The Bertz CT molecular complexity index is 1000. The summed E-state index contributed by atoms with van der Waals surface area (Å²) in [5, 5.41) is 7.09. The monoisotopic (exact) mass is 452 g/mol. The lowest BCUT2D eigenvalue weighted by molar-refractivity contribution is 0.0321. The number of hydrazone groups is 1. The first-order chi connectivity index (χ1) is 15.8. The third-order valence-electron chi connectivity index (χ3n) is 4.98. The average molecular weight is 453 g/mol. The SMILES string of the molecule is CCOc1cc(C=NNc2nc(-c3ccccc3)cs2)ccc1OCCN1CCOCC1. The summed E-state index contributed by atoms with van der Waals surface area (Å²) in [6, 6.07) is 15.9. The van der Waals surface area contributed by atoms with Crippen LogP contribution in [-0.4, -0.2) is 62.2 Å². The van der Waals surface area contributed by atoms with Crippen LogP contribution in [0.2, 0.25) is 0 Å². The van der Waals surface area contributed by atoms with E-state index in [0.29, 0.717) is 13.2 Å². The van der Waals surface area contributed by atoms with Crippen molar-refractivity contribution in [3.63, 3.8) is 0 Å². The first-order valence-corrected chi connectivity index (χ1v) is 11.7. The maximum absolute atomic E-state index is 5.99. The summed E-state index contributed by atoms with van der Waals surface area (Å²) in [5.41, 5.74) is 5.95. The summed E-state index contributed by atoms with van der Waals surface area (Å²) in [7, 11) is 0. The van der Waals surface area contributed by atoms with Gasteiger partial charge in [-0.15, -0.1) is 11.3 Å². The van der Waals surface area contributed by atoms with Gasteiger partial charge in [0.05, 0.1) is 31.7 Å². The van der Waals surface area contributed by atoms with Crippen LogP contribution in [-0.2, 0) is 4.74 Å². The standard InChI is InChI=1S/C24H28N4O3S/c1-2-30-23-16-19(8-9-22(23)31-15-12-28-10-13-29-14-11-28)17-25-27-24-26-21(18-32-24)20-6-4-3-5-7-20/h3-9,16-18H,2,10-15H2,1H3,(H,26,27). The summed E-state index contributed by atoms with van der Waals surface area (Å²) < 4.78 is 17.2. The third-order valence-corrected chi connectivity index (χ3v) is 5.73. The summed E-state index contributed by atoms with van der Waals surface area (Å²) in [5.74, 6) is 1.47. The summed E-state index contributed by atoms with van der Waals surface area (Å²) in [4.78, 5) is 6.93. The molecule has 0 aliphatic carbocycles. The number of hydrogen-bond donors (Lipinski definition) is 1. The Labute approximate surface area is 192 Å². The molecule has 0 saturated carbocycles. The minimum atomic E-state index is 0.569. The number of hydrogen-bond acceptors (Lipinski definition) is 8. The van der Waals surface area contributed by atoms with Crippen molar-refractivity contribution in [2.24, 2.45) is 5.10 Å². The minimum Gasteiger partial charge on any atom is -0.490 e. The highest BCUT2D eigenvalue weighted by Gasteiger charge is 2.11. The van der Waals surface area contributed by atoms with Gasteiger partial charge in [-0.05, 0) is 30.7 Å². The molecule has 7 nitrogen and oxygen atoms in total. The van der Waals surface area contributed by atoms with Gasteiger partial charge in [-0.1, -0.05) is 30.3 Å². The molecule has 4 rings (SSSR count). The lowest BCUT2D eigenvalue weighted by Crippen LogP contribution is -2.38. The minimum absolute atomic E-state index is 0.569. The van der Waals surface area contributed by atoms with Gasteiger partial charge in [0, 0.05) is 30.6 Å². The summed E-state index contributed by atoms with van der Waals surface area (Å²) in [6.07, 6.45) is 1.75. The number of anilines is 1. The van der Waals surface area contributed by atoms with E-state index in [1.807, 2.05) is 60.8 Å². The van der Waals surface area contributed by atoms with Crippen molar-refractivity contribution < 1.29 is 14.2 Å². The summed E-state index contributed by atoms with van der Waals surface area (Å²) in [6.45, 7) is 7.52. The lowest BCUT2D eigenvalue weighted by Gasteiger charge is -2.26. The molecule has 32 heavy (non-hydrogen) atoms. The quantitative estimate of drug-likeness (QED) is 0.364. The van der Waals surface area contributed by atoms with Gasteiger partial charge in [0.25, 0.3) is 0 Å². The molecule has 0 bridgehead atoms. The third kappa shape index (κ3) is 6.29. The van der Waals surface area contributed by atoms with Crippen molar-refractivity contribution in [3.05, 3.63) is 59.5 Å². The Kier molecular flexibility index (Phi) is 8.08. The zero-order chi connectivity index (χ0) is 22.0. The van der Waals surface area contributed by atoms with Crippen LogP contribution in [0.15, 0.2) is 59.0 Å².